The van der Waals surface area contributed by atoms with Crippen LogP contribution in [0, 0.1) is 6.92 Å². The third-order valence-corrected chi connectivity index (χ3v) is 3.20. The molecule has 11 heavy (non-hydrogen) atoms. The van der Waals surface area contributed by atoms with Crippen LogP contribution >= 0.6 is 0 Å². The molecule has 0 amide bonds. The molecule has 2 rings (SSSR count). The van der Waals surface area contributed by atoms with Gasteiger partial charge in [0.1, 0.15) is 0 Å². The second-order valence-corrected chi connectivity index (χ2v) is 5.71. The van der Waals surface area contributed by atoms with Gasteiger partial charge in [0.25, 0.3) is 0 Å². The molecule has 0 atom stereocenters. The summed E-state index contributed by atoms with van der Waals surface area (Å²) in [6.07, 6.45) is 0. The fraction of sp³-hybridized carbons (Fsp3) is 0.111. The van der Waals surface area contributed by atoms with Crippen LogP contribution < -0.4 is 3.78 Å². The van der Waals surface area contributed by atoms with Crippen molar-refractivity contribution in [1.29, 1.82) is 0 Å². The first-order valence-corrected chi connectivity index (χ1v) is 6.58. The number of fused-ring (bicyclic) bond motifs is 1. The van der Waals surface area contributed by atoms with Crippen LogP contribution in [0.1, 0.15) is 5.56 Å². The minimum atomic E-state index is 0.495. The summed E-state index contributed by atoms with van der Waals surface area (Å²) in [5.74, 6) is 0. The molecule has 1 aromatic carbocycles. The first-order chi connectivity index (χ1) is 5.25. The summed E-state index contributed by atoms with van der Waals surface area (Å²) in [6.45, 7) is 2.10. The van der Waals surface area contributed by atoms with E-state index in [2.05, 4.69) is 25.1 Å². The van der Waals surface area contributed by atoms with Gasteiger partial charge in [-0.05, 0) is 0 Å². The molecule has 1 aromatic heterocycles. The molecular formula is C9H10OSn. The van der Waals surface area contributed by atoms with Gasteiger partial charge in [-0.2, -0.15) is 0 Å². The number of rotatable bonds is 0. The van der Waals surface area contributed by atoms with Gasteiger partial charge in [-0.25, -0.2) is 0 Å². The summed E-state index contributed by atoms with van der Waals surface area (Å²) in [5.41, 5.74) is 2.33. The van der Waals surface area contributed by atoms with Crippen molar-refractivity contribution < 1.29 is 4.42 Å². The molecule has 0 radical (unpaired) electrons. The normalized spacial score (nSPS) is 11.0. The third kappa shape index (κ3) is 1.29. The molecule has 0 fully saturated rings. The fourth-order valence-corrected chi connectivity index (χ4v) is 2.81. The Kier molecular flexibility index (Phi) is 1.68. The Morgan fingerprint density at radius 3 is 2.91 bits per heavy atom. The molecule has 56 valence electrons. The van der Waals surface area contributed by atoms with Crippen molar-refractivity contribution in [3.8, 4) is 0 Å². The molecule has 2 heteroatoms. The third-order valence-electron chi connectivity index (χ3n) is 1.80. The monoisotopic (exact) mass is 254 g/mol. The van der Waals surface area contributed by atoms with Crippen LogP contribution in [0.4, 0.5) is 0 Å². The van der Waals surface area contributed by atoms with Crippen molar-refractivity contribution in [1.82, 2.24) is 0 Å². The van der Waals surface area contributed by atoms with E-state index in [-0.39, 0.29) is 0 Å². The van der Waals surface area contributed by atoms with E-state index in [1.165, 1.54) is 14.7 Å². The minimum absolute atomic E-state index is 0.495. The zero-order valence-electron chi connectivity index (χ0n) is 6.72. The van der Waals surface area contributed by atoms with Crippen molar-refractivity contribution in [2.24, 2.45) is 0 Å². The van der Waals surface area contributed by atoms with Gasteiger partial charge in [0, 0.05) is 0 Å². The predicted molar refractivity (Wildman–Crippen MR) is 50.5 cm³/mol. The summed E-state index contributed by atoms with van der Waals surface area (Å²) in [5, 5.41) is 1.25. The van der Waals surface area contributed by atoms with E-state index in [1.54, 1.807) is 0 Å². The van der Waals surface area contributed by atoms with E-state index >= 15 is 0 Å². The van der Waals surface area contributed by atoms with E-state index in [0.29, 0.717) is 22.5 Å². The van der Waals surface area contributed by atoms with Gasteiger partial charge in [0.05, 0.1) is 0 Å². The van der Waals surface area contributed by atoms with Crippen LogP contribution in [0.3, 0.4) is 0 Å². The first kappa shape index (κ1) is 7.22. The Hall–Kier alpha value is -0.441. The van der Waals surface area contributed by atoms with Gasteiger partial charge >= 0.3 is 78.4 Å². The molecule has 2 aromatic rings. The number of aryl methyl sites for hydroxylation is 1. The van der Waals surface area contributed by atoms with Crippen LogP contribution in [0.15, 0.2) is 28.7 Å². The van der Waals surface area contributed by atoms with Crippen molar-refractivity contribution in [3.63, 3.8) is 0 Å². The van der Waals surface area contributed by atoms with E-state index in [1.807, 2.05) is 6.07 Å². The van der Waals surface area contributed by atoms with E-state index in [4.69, 9.17) is 4.42 Å². The summed E-state index contributed by atoms with van der Waals surface area (Å²) in [4.78, 5) is 0. The molecule has 0 unspecified atom stereocenters. The van der Waals surface area contributed by atoms with Gasteiger partial charge < -0.3 is 0 Å². The number of hydrogen-bond donors (Lipinski definition) is 0. The molecule has 1 nitrogen and oxygen atoms in total. The molecule has 1 heterocycles. The van der Waals surface area contributed by atoms with Crippen LogP contribution in [0.25, 0.3) is 11.0 Å². The average molecular weight is 253 g/mol. The van der Waals surface area contributed by atoms with Crippen molar-refractivity contribution >= 4 is 37.3 Å². The predicted octanol–water partition coefficient (Wildman–Crippen LogP) is 0.732. The topological polar surface area (TPSA) is 13.1 Å². The zero-order valence-corrected chi connectivity index (χ0v) is 12.4. The van der Waals surface area contributed by atoms with Crippen LogP contribution in [-0.2, 0) is 0 Å². The molecular weight excluding hydrogens is 243 g/mol. The average Bonchev–Trinajstić information content (AvgIpc) is 2.27. The van der Waals surface area contributed by atoms with E-state index in [9.17, 15) is 0 Å². The summed E-state index contributed by atoms with van der Waals surface area (Å²) >= 11 is 0.495. The van der Waals surface area contributed by atoms with Crippen LogP contribution in [0.5, 0.6) is 0 Å². The van der Waals surface area contributed by atoms with E-state index < -0.39 is 0 Å². The van der Waals surface area contributed by atoms with Crippen molar-refractivity contribution in [2.45, 2.75) is 6.92 Å². The molecule has 0 bridgehead atoms. The van der Waals surface area contributed by atoms with Gasteiger partial charge in [0.15, 0.2) is 0 Å². The maximum absolute atomic E-state index is 5.52. The number of hydrogen-bond acceptors (Lipinski definition) is 1. The van der Waals surface area contributed by atoms with Gasteiger partial charge in [-0.1, -0.05) is 0 Å². The molecule has 0 aliphatic carbocycles. The van der Waals surface area contributed by atoms with E-state index in [0.717, 1.165) is 5.58 Å². The SMILES string of the molecule is Cc1ccc2o[c]([SnH3])cc2c1. The Balaban J connectivity index is 2.82. The molecule has 0 spiro atoms. The summed E-state index contributed by atoms with van der Waals surface area (Å²) in [6, 6.07) is 8.44. The fourth-order valence-electron chi connectivity index (χ4n) is 1.30. The first-order valence-electron chi connectivity index (χ1n) is 3.72. The Bertz CT molecular complexity index is 389. The molecule has 0 saturated carbocycles. The Labute approximate surface area is 78.5 Å². The van der Waals surface area contributed by atoms with Gasteiger partial charge in [-0.15, -0.1) is 0 Å². The maximum atomic E-state index is 5.52. The summed E-state index contributed by atoms with van der Waals surface area (Å²) < 4.78 is 6.70. The van der Waals surface area contributed by atoms with Crippen molar-refractivity contribution in [2.75, 3.05) is 0 Å². The van der Waals surface area contributed by atoms with Gasteiger partial charge in [-0.3, -0.25) is 0 Å². The number of furan rings is 1. The quantitative estimate of drug-likeness (QED) is 0.631. The molecule has 0 saturated heterocycles. The Morgan fingerprint density at radius 1 is 1.27 bits per heavy atom. The Morgan fingerprint density at radius 2 is 2.09 bits per heavy atom. The standard InChI is InChI=1S/C9H7O.Sn.3H/c1-7-2-3-9-8(6-7)4-5-10-9;;;;/h2-4,6H,1H3;;;;. The van der Waals surface area contributed by atoms with Gasteiger partial charge in [0.2, 0.25) is 0 Å². The zero-order chi connectivity index (χ0) is 7.84. The molecule has 0 aliphatic rings. The molecule has 0 N–H and O–H groups in total. The second kappa shape index (κ2) is 2.55. The van der Waals surface area contributed by atoms with Crippen LogP contribution in [0.2, 0.25) is 0 Å². The van der Waals surface area contributed by atoms with Crippen molar-refractivity contribution in [3.05, 3.63) is 29.8 Å². The van der Waals surface area contributed by atoms with Crippen LogP contribution in [-0.4, -0.2) is 22.5 Å². The summed E-state index contributed by atoms with van der Waals surface area (Å²) in [7, 11) is 0. The molecule has 0 aliphatic heterocycles. The second-order valence-electron chi connectivity index (χ2n) is 2.90. The number of benzene rings is 1.